The molecular weight excluding hydrogens is 440 g/mol. The summed E-state index contributed by atoms with van der Waals surface area (Å²) in [4.78, 5) is 15.2. The van der Waals surface area contributed by atoms with Crippen molar-refractivity contribution < 1.29 is 19.0 Å². The molecule has 2 aliphatic carbocycles. The highest BCUT2D eigenvalue weighted by Crippen LogP contribution is 2.42. The Balaban J connectivity index is 0.963. The molecule has 6 nitrogen and oxygen atoms in total. The van der Waals surface area contributed by atoms with Crippen LogP contribution >= 0.6 is 0 Å². The Morgan fingerprint density at radius 3 is 2.46 bits per heavy atom. The predicted octanol–water partition coefficient (Wildman–Crippen LogP) is 5.26. The maximum Gasteiger partial charge on any atom is 0.231 e. The third-order valence-electron chi connectivity index (χ3n) is 9.12. The minimum absolute atomic E-state index is 0.276. The van der Waals surface area contributed by atoms with Gasteiger partial charge in [0.15, 0.2) is 11.5 Å². The van der Waals surface area contributed by atoms with Crippen molar-refractivity contribution in [3.05, 3.63) is 23.8 Å². The summed E-state index contributed by atoms with van der Waals surface area (Å²) in [6.07, 6.45) is 14.1. The molecule has 0 spiro atoms. The molecule has 6 heteroatoms. The zero-order valence-electron chi connectivity index (χ0n) is 21.5. The molecule has 1 aromatic rings. The molecule has 35 heavy (non-hydrogen) atoms. The molecule has 1 amide bonds. The van der Waals surface area contributed by atoms with Crippen LogP contribution in [0.5, 0.6) is 11.5 Å². The number of benzene rings is 1. The molecule has 4 aliphatic rings. The lowest BCUT2D eigenvalue weighted by atomic mass is 9.83. The normalized spacial score (nSPS) is 29.7. The molecule has 2 aliphatic heterocycles. The molecule has 1 aromatic carbocycles. The van der Waals surface area contributed by atoms with Gasteiger partial charge in [0.05, 0.1) is 6.10 Å². The van der Waals surface area contributed by atoms with Gasteiger partial charge in [0.25, 0.3) is 0 Å². The quantitative estimate of drug-likeness (QED) is 0.546. The maximum atomic E-state index is 12.6. The number of ether oxygens (including phenoxy) is 3. The molecule has 0 aromatic heterocycles. The Hall–Kier alpha value is -1.79. The Kier molecular flexibility index (Phi) is 8.51. The Morgan fingerprint density at radius 1 is 0.971 bits per heavy atom. The number of likely N-dealkylation sites (tertiary alicyclic amines) is 1. The average Bonchev–Trinajstić information content (AvgIpc) is 3.38. The van der Waals surface area contributed by atoms with Crippen LogP contribution in [-0.2, 0) is 9.53 Å². The number of para-hydroxylation sites is 1. The second-order valence-corrected chi connectivity index (χ2v) is 11.4. The molecule has 0 radical (unpaired) electrons. The van der Waals surface area contributed by atoms with Gasteiger partial charge in [-0.1, -0.05) is 12.1 Å². The predicted molar refractivity (Wildman–Crippen MR) is 137 cm³/mol. The zero-order chi connectivity index (χ0) is 24.0. The van der Waals surface area contributed by atoms with Crippen molar-refractivity contribution in [3.8, 4) is 11.5 Å². The van der Waals surface area contributed by atoms with Gasteiger partial charge >= 0.3 is 0 Å². The molecule has 0 bridgehead atoms. The van der Waals surface area contributed by atoms with E-state index < -0.39 is 0 Å². The molecular formula is C29H44N2O4. The lowest BCUT2D eigenvalue weighted by Crippen LogP contribution is -2.39. The van der Waals surface area contributed by atoms with E-state index in [1.165, 1.54) is 57.3 Å². The number of carbonyl (C=O) groups is 1. The molecule has 0 unspecified atom stereocenters. The lowest BCUT2D eigenvalue weighted by Gasteiger charge is -2.35. The molecule has 2 saturated carbocycles. The maximum absolute atomic E-state index is 12.6. The third-order valence-corrected chi connectivity index (χ3v) is 9.12. The highest BCUT2D eigenvalue weighted by Gasteiger charge is 2.29. The smallest absolute Gasteiger partial charge is 0.231 e. The van der Waals surface area contributed by atoms with E-state index in [1.807, 2.05) is 6.07 Å². The van der Waals surface area contributed by atoms with E-state index in [9.17, 15) is 4.79 Å². The Morgan fingerprint density at radius 2 is 1.71 bits per heavy atom. The van der Waals surface area contributed by atoms with Gasteiger partial charge in [-0.05, 0) is 114 Å². The van der Waals surface area contributed by atoms with Crippen LogP contribution in [0.1, 0.15) is 88.5 Å². The molecule has 2 heterocycles. The number of nitrogens with zero attached hydrogens (tertiary/aromatic N) is 1. The summed E-state index contributed by atoms with van der Waals surface area (Å²) < 4.78 is 16.8. The number of piperidine rings is 1. The van der Waals surface area contributed by atoms with E-state index in [0.29, 0.717) is 37.2 Å². The number of fused-ring (bicyclic) bond motifs is 1. The first-order chi connectivity index (χ1) is 17.2. The van der Waals surface area contributed by atoms with Crippen LogP contribution < -0.4 is 14.8 Å². The van der Waals surface area contributed by atoms with Crippen molar-refractivity contribution in [2.75, 3.05) is 33.5 Å². The fourth-order valence-corrected chi connectivity index (χ4v) is 6.82. The first-order valence-electron chi connectivity index (χ1n) is 14.1. The second-order valence-electron chi connectivity index (χ2n) is 11.4. The largest absolute Gasteiger partial charge is 0.454 e. The number of rotatable bonds is 8. The van der Waals surface area contributed by atoms with Crippen LogP contribution in [0.15, 0.2) is 18.2 Å². The van der Waals surface area contributed by atoms with Gasteiger partial charge in [-0.15, -0.1) is 0 Å². The summed E-state index contributed by atoms with van der Waals surface area (Å²) in [7, 11) is 1.80. The second kappa shape index (κ2) is 12.0. The monoisotopic (exact) mass is 484 g/mol. The third kappa shape index (κ3) is 6.51. The minimum atomic E-state index is 0.276. The summed E-state index contributed by atoms with van der Waals surface area (Å²) in [6, 6.07) is 6.72. The van der Waals surface area contributed by atoms with Gasteiger partial charge in [0.2, 0.25) is 12.7 Å². The van der Waals surface area contributed by atoms with Gasteiger partial charge in [-0.25, -0.2) is 0 Å². The fourth-order valence-electron chi connectivity index (χ4n) is 6.82. The fraction of sp³-hybridized carbons (Fsp3) is 0.759. The van der Waals surface area contributed by atoms with Crippen LogP contribution in [-0.4, -0.2) is 56.5 Å². The van der Waals surface area contributed by atoms with Gasteiger partial charge in [0, 0.05) is 25.1 Å². The number of carbonyl (C=O) groups excluding carboxylic acids is 1. The van der Waals surface area contributed by atoms with E-state index in [0.717, 1.165) is 55.9 Å². The molecule has 3 fully saturated rings. The molecule has 194 valence electrons. The van der Waals surface area contributed by atoms with Crippen LogP contribution in [0.4, 0.5) is 0 Å². The lowest BCUT2D eigenvalue weighted by molar-refractivity contribution is -0.123. The summed E-state index contributed by atoms with van der Waals surface area (Å²) in [5, 5.41) is 3.36. The van der Waals surface area contributed by atoms with Gasteiger partial charge in [-0.2, -0.15) is 0 Å². The number of amides is 1. The summed E-state index contributed by atoms with van der Waals surface area (Å²) in [5.41, 5.74) is 1.34. The van der Waals surface area contributed by atoms with Crippen molar-refractivity contribution in [1.82, 2.24) is 10.2 Å². The van der Waals surface area contributed by atoms with Crippen LogP contribution in [0.3, 0.4) is 0 Å². The number of nitrogens with one attached hydrogen (secondary N) is 1. The van der Waals surface area contributed by atoms with Crippen molar-refractivity contribution in [1.29, 1.82) is 0 Å². The van der Waals surface area contributed by atoms with Gasteiger partial charge < -0.3 is 24.4 Å². The van der Waals surface area contributed by atoms with E-state index in [4.69, 9.17) is 14.2 Å². The molecule has 1 saturated heterocycles. The van der Waals surface area contributed by atoms with Crippen molar-refractivity contribution >= 4 is 5.91 Å². The number of methoxy groups -OCH3 is 1. The van der Waals surface area contributed by atoms with Crippen LogP contribution in [0.25, 0.3) is 0 Å². The molecule has 5 rings (SSSR count). The van der Waals surface area contributed by atoms with Crippen molar-refractivity contribution in [3.63, 3.8) is 0 Å². The van der Waals surface area contributed by atoms with E-state index in [1.54, 1.807) is 7.11 Å². The summed E-state index contributed by atoms with van der Waals surface area (Å²) in [5.74, 6) is 4.10. The van der Waals surface area contributed by atoms with E-state index in [2.05, 4.69) is 22.3 Å². The van der Waals surface area contributed by atoms with Crippen LogP contribution in [0, 0.1) is 11.8 Å². The SMILES string of the molecule is CO[C@H]1CC[C@H](CC(=O)N[C@H]2CC[C@H](CCN3CCC(c4cccc5c4OCO5)CC3)CC2)CC1. The number of hydrogen-bond acceptors (Lipinski definition) is 5. The summed E-state index contributed by atoms with van der Waals surface area (Å²) in [6.45, 7) is 3.91. The highest BCUT2D eigenvalue weighted by molar-refractivity contribution is 5.76. The van der Waals surface area contributed by atoms with E-state index >= 15 is 0 Å². The summed E-state index contributed by atoms with van der Waals surface area (Å²) >= 11 is 0. The molecule has 1 N–H and O–H groups in total. The van der Waals surface area contributed by atoms with Crippen molar-refractivity contribution in [2.24, 2.45) is 11.8 Å². The minimum Gasteiger partial charge on any atom is -0.454 e. The van der Waals surface area contributed by atoms with Gasteiger partial charge in [0.1, 0.15) is 0 Å². The zero-order valence-corrected chi connectivity index (χ0v) is 21.5. The first kappa shape index (κ1) is 24.9. The Labute approximate surface area is 211 Å². The average molecular weight is 485 g/mol. The van der Waals surface area contributed by atoms with E-state index in [-0.39, 0.29) is 5.91 Å². The van der Waals surface area contributed by atoms with Crippen molar-refractivity contribution in [2.45, 2.75) is 95.1 Å². The topological polar surface area (TPSA) is 60.0 Å². The van der Waals surface area contributed by atoms with Gasteiger partial charge in [-0.3, -0.25) is 4.79 Å². The molecule has 0 atom stereocenters. The van der Waals surface area contributed by atoms with Crippen LogP contribution in [0.2, 0.25) is 0 Å². The Bertz CT molecular complexity index is 822. The standard InChI is InChI=1S/C29H44N2O4/c1-33-25-11-7-22(8-12-25)19-28(32)30-24-9-5-21(6-10-24)13-16-31-17-14-23(15-18-31)26-3-2-4-27-29(26)35-20-34-27/h2-4,21-25H,5-20H2,1H3,(H,30,32)/t21-,22-,24-,25-. The number of hydrogen-bond donors (Lipinski definition) is 1. The highest BCUT2D eigenvalue weighted by atomic mass is 16.7. The first-order valence-corrected chi connectivity index (χ1v) is 14.1.